The van der Waals surface area contributed by atoms with Crippen molar-refractivity contribution in [3.63, 3.8) is 0 Å². The number of benzene rings is 1. The molecule has 0 aliphatic rings. The number of ether oxygens (including phenoxy) is 1. The van der Waals surface area contributed by atoms with Crippen LogP contribution in [0.4, 0.5) is 0 Å². The van der Waals surface area contributed by atoms with Gasteiger partial charge in [-0.3, -0.25) is 4.98 Å². The second-order valence-corrected chi connectivity index (χ2v) is 5.02. The smallest absolute Gasteiger partial charge is 0.136 e. The molecule has 3 aromatic heterocycles. The first kappa shape index (κ1) is 12.7. The molecule has 0 unspecified atom stereocenters. The maximum absolute atomic E-state index is 6.09. The van der Waals surface area contributed by atoms with Gasteiger partial charge in [-0.05, 0) is 42.5 Å². The van der Waals surface area contributed by atoms with Crippen molar-refractivity contribution in [2.75, 3.05) is 0 Å². The maximum atomic E-state index is 6.09. The number of para-hydroxylation sites is 1. The van der Waals surface area contributed by atoms with Crippen LogP contribution in [0, 0.1) is 0 Å². The van der Waals surface area contributed by atoms with E-state index in [2.05, 4.69) is 15.5 Å². The molecule has 1 aromatic carbocycles. The third-order valence-electron chi connectivity index (χ3n) is 3.56. The van der Waals surface area contributed by atoms with Crippen molar-refractivity contribution in [3.05, 3.63) is 85.3 Å². The van der Waals surface area contributed by atoms with Crippen LogP contribution in [0.3, 0.4) is 0 Å². The van der Waals surface area contributed by atoms with Gasteiger partial charge in [0.15, 0.2) is 0 Å². The first-order valence-corrected chi connectivity index (χ1v) is 7.15. The van der Waals surface area contributed by atoms with Crippen molar-refractivity contribution in [1.29, 1.82) is 0 Å². The third-order valence-corrected chi connectivity index (χ3v) is 3.56. The molecule has 0 fully saturated rings. The second kappa shape index (κ2) is 5.37. The summed E-state index contributed by atoms with van der Waals surface area (Å²) in [5.74, 6) is 1.62. The lowest BCUT2D eigenvalue weighted by Crippen LogP contribution is -1.90. The zero-order valence-electron chi connectivity index (χ0n) is 11.9. The Balaban J connectivity index is 1.74. The van der Waals surface area contributed by atoms with Gasteiger partial charge >= 0.3 is 0 Å². The van der Waals surface area contributed by atoms with Gasteiger partial charge in [0.05, 0.1) is 5.69 Å². The molecule has 0 aliphatic heterocycles. The molecule has 0 amide bonds. The Morgan fingerprint density at radius 1 is 0.818 bits per heavy atom. The fourth-order valence-corrected chi connectivity index (χ4v) is 2.49. The molecule has 4 aromatic rings. The van der Waals surface area contributed by atoms with E-state index in [1.54, 1.807) is 6.20 Å². The average Bonchev–Trinajstić information content (AvgIpc) is 3.04. The van der Waals surface area contributed by atoms with Gasteiger partial charge in [-0.15, -0.1) is 0 Å². The standard InChI is InChI=1S/C19H14N2O/c1-2-9-19(17(7-1)18-8-3-4-11-20-18)22-16-10-13-21-12-5-6-15(21)14-16/h1-14H. The quantitative estimate of drug-likeness (QED) is 0.541. The summed E-state index contributed by atoms with van der Waals surface area (Å²) in [6.45, 7) is 0. The van der Waals surface area contributed by atoms with E-state index in [0.29, 0.717) is 0 Å². The number of rotatable bonds is 3. The molecular formula is C19H14N2O. The van der Waals surface area contributed by atoms with Crippen molar-refractivity contribution >= 4 is 5.52 Å². The largest absolute Gasteiger partial charge is 0.457 e. The van der Waals surface area contributed by atoms with Crippen molar-refractivity contribution in [1.82, 2.24) is 9.38 Å². The first-order chi connectivity index (χ1) is 10.9. The van der Waals surface area contributed by atoms with Crippen LogP contribution < -0.4 is 4.74 Å². The Morgan fingerprint density at radius 3 is 2.64 bits per heavy atom. The van der Waals surface area contributed by atoms with Crippen LogP contribution in [0.15, 0.2) is 85.3 Å². The van der Waals surface area contributed by atoms with Gasteiger partial charge in [-0.25, -0.2) is 0 Å². The number of aromatic nitrogens is 2. The van der Waals surface area contributed by atoms with Crippen molar-refractivity contribution in [2.24, 2.45) is 0 Å². The lowest BCUT2D eigenvalue weighted by atomic mass is 10.1. The monoisotopic (exact) mass is 286 g/mol. The Hall–Kier alpha value is -3.07. The molecule has 0 N–H and O–H groups in total. The van der Waals surface area contributed by atoms with Gasteiger partial charge in [0.2, 0.25) is 0 Å². The van der Waals surface area contributed by atoms with E-state index in [0.717, 1.165) is 28.3 Å². The van der Waals surface area contributed by atoms with Crippen molar-refractivity contribution < 1.29 is 4.74 Å². The van der Waals surface area contributed by atoms with Crippen LogP contribution in [0.25, 0.3) is 16.8 Å². The highest BCUT2D eigenvalue weighted by Crippen LogP contribution is 2.32. The summed E-state index contributed by atoms with van der Waals surface area (Å²) in [6.07, 6.45) is 5.80. The van der Waals surface area contributed by atoms with E-state index >= 15 is 0 Å². The van der Waals surface area contributed by atoms with Crippen LogP contribution in [0.1, 0.15) is 0 Å². The topological polar surface area (TPSA) is 26.5 Å². The van der Waals surface area contributed by atoms with Crippen molar-refractivity contribution in [3.8, 4) is 22.8 Å². The fraction of sp³-hybridized carbons (Fsp3) is 0. The molecule has 3 heteroatoms. The normalized spacial score (nSPS) is 10.7. The van der Waals surface area contributed by atoms with Gasteiger partial charge in [0.1, 0.15) is 11.5 Å². The molecule has 106 valence electrons. The Labute approximate surface area is 128 Å². The Morgan fingerprint density at radius 2 is 1.73 bits per heavy atom. The average molecular weight is 286 g/mol. The van der Waals surface area contributed by atoms with E-state index < -0.39 is 0 Å². The van der Waals surface area contributed by atoms with Crippen molar-refractivity contribution in [2.45, 2.75) is 0 Å². The van der Waals surface area contributed by atoms with E-state index in [1.165, 1.54) is 0 Å². The lowest BCUT2D eigenvalue weighted by Gasteiger charge is -2.11. The molecule has 0 atom stereocenters. The zero-order valence-corrected chi connectivity index (χ0v) is 11.9. The van der Waals surface area contributed by atoms with Gasteiger partial charge in [0, 0.05) is 35.7 Å². The van der Waals surface area contributed by atoms with E-state index in [4.69, 9.17) is 4.74 Å². The first-order valence-electron chi connectivity index (χ1n) is 7.15. The minimum Gasteiger partial charge on any atom is -0.457 e. The molecule has 0 spiro atoms. The lowest BCUT2D eigenvalue weighted by molar-refractivity contribution is 0.484. The molecule has 4 rings (SSSR count). The number of hydrogen-bond acceptors (Lipinski definition) is 2. The second-order valence-electron chi connectivity index (χ2n) is 5.02. The van der Waals surface area contributed by atoms with Gasteiger partial charge in [0.25, 0.3) is 0 Å². The number of hydrogen-bond donors (Lipinski definition) is 0. The van der Waals surface area contributed by atoms with E-state index in [9.17, 15) is 0 Å². The summed E-state index contributed by atoms with van der Waals surface area (Å²) in [5, 5.41) is 0. The SMILES string of the molecule is c1ccc(-c2ccccc2Oc2ccn3cccc3c2)nc1. The minimum absolute atomic E-state index is 0.803. The zero-order chi connectivity index (χ0) is 14.8. The summed E-state index contributed by atoms with van der Waals surface area (Å²) < 4.78 is 8.14. The Kier molecular flexibility index (Phi) is 3.09. The van der Waals surface area contributed by atoms with Crippen LogP contribution in [-0.2, 0) is 0 Å². The molecular weight excluding hydrogens is 272 g/mol. The highest BCUT2D eigenvalue weighted by Gasteiger charge is 2.08. The molecule has 0 aliphatic carbocycles. The fourth-order valence-electron chi connectivity index (χ4n) is 2.49. The highest BCUT2D eigenvalue weighted by atomic mass is 16.5. The predicted octanol–water partition coefficient (Wildman–Crippen LogP) is 4.79. The summed E-state index contributed by atoms with van der Waals surface area (Å²) in [6, 6.07) is 21.9. The van der Waals surface area contributed by atoms with Gasteiger partial charge in [-0.2, -0.15) is 0 Å². The molecule has 0 bridgehead atoms. The van der Waals surface area contributed by atoms with Crippen LogP contribution in [-0.4, -0.2) is 9.38 Å². The summed E-state index contributed by atoms with van der Waals surface area (Å²) >= 11 is 0. The van der Waals surface area contributed by atoms with Crippen LogP contribution >= 0.6 is 0 Å². The van der Waals surface area contributed by atoms with Crippen LogP contribution in [0.2, 0.25) is 0 Å². The Bertz CT molecular complexity index is 913. The molecule has 0 saturated heterocycles. The number of nitrogens with zero attached hydrogens (tertiary/aromatic N) is 2. The predicted molar refractivity (Wildman–Crippen MR) is 87.1 cm³/mol. The maximum Gasteiger partial charge on any atom is 0.136 e. The van der Waals surface area contributed by atoms with E-state index in [-0.39, 0.29) is 0 Å². The molecule has 3 nitrogen and oxygen atoms in total. The summed E-state index contributed by atoms with van der Waals surface area (Å²) in [7, 11) is 0. The molecule has 22 heavy (non-hydrogen) atoms. The van der Waals surface area contributed by atoms with E-state index in [1.807, 2.05) is 73.1 Å². The summed E-state index contributed by atoms with van der Waals surface area (Å²) in [5.41, 5.74) is 2.99. The van der Waals surface area contributed by atoms with Gasteiger partial charge < -0.3 is 9.14 Å². The molecule has 0 saturated carbocycles. The third kappa shape index (κ3) is 2.33. The highest BCUT2D eigenvalue weighted by molar-refractivity contribution is 5.67. The number of pyridine rings is 2. The minimum atomic E-state index is 0.803. The molecule has 0 radical (unpaired) electrons. The molecule has 3 heterocycles. The van der Waals surface area contributed by atoms with Gasteiger partial charge in [-0.1, -0.05) is 18.2 Å². The summed E-state index contributed by atoms with van der Waals surface area (Å²) in [4.78, 5) is 4.41. The number of fused-ring (bicyclic) bond motifs is 1. The van der Waals surface area contributed by atoms with Crippen LogP contribution in [0.5, 0.6) is 11.5 Å².